The fourth-order valence-electron chi connectivity index (χ4n) is 3.57. The number of benzene rings is 1. The van der Waals surface area contributed by atoms with Gasteiger partial charge in [0.2, 0.25) is 0 Å². The van der Waals surface area contributed by atoms with Gasteiger partial charge in [0.1, 0.15) is 17.5 Å². The summed E-state index contributed by atoms with van der Waals surface area (Å²) >= 11 is 3.45. The molecule has 2 aliphatic rings. The van der Waals surface area contributed by atoms with E-state index in [9.17, 15) is 18.4 Å². The number of halogens is 3. The van der Waals surface area contributed by atoms with Crippen molar-refractivity contribution in [1.82, 2.24) is 9.88 Å². The van der Waals surface area contributed by atoms with Crippen molar-refractivity contribution in [3.05, 3.63) is 57.7 Å². The zero-order valence-electron chi connectivity index (χ0n) is 14.9. The molecule has 8 heteroatoms. The number of likely N-dealkylation sites (tertiary alicyclic amines) is 1. The molecule has 28 heavy (non-hydrogen) atoms. The van der Waals surface area contributed by atoms with Crippen molar-refractivity contribution in [2.45, 2.75) is 37.6 Å². The topological polar surface area (TPSA) is 62.3 Å². The molecule has 0 radical (unpaired) electrons. The van der Waals surface area contributed by atoms with Crippen LogP contribution in [-0.4, -0.2) is 28.2 Å². The van der Waals surface area contributed by atoms with Gasteiger partial charge in [-0.25, -0.2) is 13.8 Å². The number of aromatic nitrogens is 1. The molecule has 1 saturated heterocycles. The van der Waals surface area contributed by atoms with Crippen molar-refractivity contribution in [3.63, 3.8) is 0 Å². The average molecular weight is 450 g/mol. The molecule has 2 heterocycles. The fourth-order valence-corrected chi connectivity index (χ4v) is 4.12. The van der Waals surface area contributed by atoms with Gasteiger partial charge in [-0.15, -0.1) is 0 Å². The summed E-state index contributed by atoms with van der Waals surface area (Å²) < 4.78 is 28.6. The molecule has 4 rings (SSSR count). The van der Waals surface area contributed by atoms with Gasteiger partial charge in [-0.05, 0) is 71.9 Å². The van der Waals surface area contributed by atoms with Gasteiger partial charge in [0.15, 0.2) is 0 Å². The summed E-state index contributed by atoms with van der Waals surface area (Å²) in [7, 11) is 0. The molecule has 1 unspecified atom stereocenters. The minimum Gasteiger partial charge on any atom is -0.327 e. The summed E-state index contributed by atoms with van der Waals surface area (Å²) in [6, 6.07) is 5.91. The largest absolute Gasteiger partial charge is 0.327 e. The quantitative estimate of drug-likeness (QED) is 0.710. The molecule has 1 saturated carbocycles. The van der Waals surface area contributed by atoms with E-state index < -0.39 is 29.5 Å². The highest BCUT2D eigenvalue weighted by Gasteiger charge is 2.35. The second-order valence-corrected chi connectivity index (χ2v) is 7.97. The maximum absolute atomic E-state index is 14.2. The highest BCUT2D eigenvalue weighted by molar-refractivity contribution is 9.10. The molecule has 1 aliphatic carbocycles. The molecule has 146 valence electrons. The van der Waals surface area contributed by atoms with Crippen molar-refractivity contribution in [3.8, 4) is 0 Å². The van der Waals surface area contributed by atoms with Gasteiger partial charge >= 0.3 is 11.8 Å². The molecule has 5 nitrogen and oxygen atoms in total. The van der Waals surface area contributed by atoms with E-state index in [2.05, 4.69) is 26.2 Å². The summed E-state index contributed by atoms with van der Waals surface area (Å²) in [5.74, 6) is -2.09. The van der Waals surface area contributed by atoms with Crippen LogP contribution in [0.4, 0.5) is 14.6 Å². The lowest BCUT2D eigenvalue weighted by Gasteiger charge is -2.24. The Hall–Kier alpha value is -2.35. The van der Waals surface area contributed by atoms with Gasteiger partial charge in [-0.2, -0.15) is 0 Å². The average Bonchev–Trinajstić information content (AvgIpc) is 3.41. The number of rotatable bonds is 3. The second-order valence-electron chi connectivity index (χ2n) is 7.11. The Balaban J connectivity index is 1.51. The van der Waals surface area contributed by atoms with Gasteiger partial charge in [0.25, 0.3) is 0 Å². The maximum atomic E-state index is 14.2. The SMILES string of the molecule is O=C(Nc1ccc(Br)c(C2CC2)n1)C(=O)N1CCCC1c1cc(F)ccc1F. The Labute approximate surface area is 169 Å². The number of carbonyl (C=O) groups is 2. The molecule has 2 aromatic rings. The first-order valence-corrected chi connectivity index (χ1v) is 9.96. The van der Waals surface area contributed by atoms with Crippen LogP contribution in [0.5, 0.6) is 0 Å². The number of hydrogen-bond donors (Lipinski definition) is 1. The Morgan fingerprint density at radius 1 is 1.14 bits per heavy atom. The van der Waals surface area contributed by atoms with Crippen LogP contribution >= 0.6 is 15.9 Å². The lowest BCUT2D eigenvalue weighted by atomic mass is 10.0. The Morgan fingerprint density at radius 2 is 1.93 bits per heavy atom. The Morgan fingerprint density at radius 3 is 2.68 bits per heavy atom. The maximum Gasteiger partial charge on any atom is 0.315 e. The number of nitrogens with zero attached hydrogens (tertiary/aromatic N) is 2. The van der Waals surface area contributed by atoms with E-state index in [1.807, 2.05) is 0 Å². The molecule has 1 atom stereocenters. The van der Waals surface area contributed by atoms with Crippen LogP contribution in [0.15, 0.2) is 34.8 Å². The van der Waals surface area contributed by atoms with Crippen molar-refractivity contribution < 1.29 is 18.4 Å². The van der Waals surface area contributed by atoms with E-state index in [4.69, 9.17) is 0 Å². The minimum absolute atomic E-state index is 0.0939. The van der Waals surface area contributed by atoms with Crippen LogP contribution in [0.3, 0.4) is 0 Å². The van der Waals surface area contributed by atoms with Crippen LogP contribution in [0, 0.1) is 11.6 Å². The number of anilines is 1. The highest BCUT2D eigenvalue weighted by atomic mass is 79.9. The van der Waals surface area contributed by atoms with E-state index in [1.54, 1.807) is 12.1 Å². The predicted octanol–water partition coefficient (Wildman–Crippen LogP) is 4.30. The number of pyridine rings is 1. The van der Waals surface area contributed by atoms with Crippen LogP contribution in [-0.2, 0) is 9.59 Å². The summed E-state index contributed by atoms with van der Waals surface area (Å²) in [5.41, 5.74) is 0.961. The molecule has 0 bridgehead atoms. The molecule has 1 aromatic heterocycles. The highest BCUT2D eigenvalue weighted by Crippen LogP contribution is 2.42. The van der Waals surface area contributed by atoms with Crippen LogP contribution in [0.1, 0.15) is 48.9 Å². The molecule has 2 amide bonds. The van der Waals surface area contributed by atoms with Gasteiger partial charge in [0, 0.05) is 22.5 Å². The minimum atomic E-state index is -0.833. The van der Waals surface area contributed by atoms with Gasteiger partial charge < -0.3 is 10.2 Å². The summed E-state index contributed by atoms with van der Waals surface area (Å²) in [5, 5.41) is 2.54. The predicted molar refractivity (Wildman–Crippen MR) is 103 cm³/mol. The van der Waals surface area contributed by atoms with Gasteiger partial charge in [-0.3, -0.25) is 9.59 Å². The van der Waals surface area contributed by atoms with E-state index in [-0.39, 0.29) is 5.56 Å². The number of nitrogens with one attached hydrogen (secondary N) is 1. The second kappa shape index (κ2) is 7.58. The monoisotopic (exact) mass is 449 g/mol. The van der Waals surface area contributed by atoms with E-state index in [1.165, 1.54) is 4.90 Å². The first-order valence-electron chi connectivity index (χ1n) is 9.17. The third-order valence-corrected chi connectivity index (χ3v) is 5.77. The van der Waals surface area contributed by atoms with Crippen molar-refractivity contribution in [2.75, 3.05) is 11.9 Å². The normalized spacial score (nSPS) is 19.0. The van der Waals surface area contributed by atoms with Crippen molar-refractivity contribution >= 4 is 33.6 Å². The fraction of sp³-hybridized carbons (Fsp3) is 0.350. The lowest BCUT2D eigenvalue weighted by molar-refractivity contribution is -0.143. The van der Waals surface area contributed by atoms with Crippen molar-refractivity contribution in [2.24, 2.45) is 0 Å². The molecule has 2 fully saturated rings. The molecule has 1 N–H and O–H groups in total. The molecular formula is C20H18BrF2N3O2. The van der Waals surface area contributed by atoms with Crippen LogP contribution < -0.4 is 5.32 Å². The summed E-state index contributed by atoms with van der Waals surface area (Å²) in [6.45, 7) is 0.313. The molecule has 0 spiro atoms. The zero-order chi connectivity index (χ0) is 19.8. The van der Waals surface area contributed by atoms with Crippen LogP contribution in [0.25, 0.3) is 0 Å². The lowest BCUT2D eigenvalue weighted by Crippen LogP contribution is -2.39. The van der Waals surface area contributed by atoms with E-state index in [0.29, 0.717) is 31.1 Å². The first-order chi connectivity index (χ1) is 13.4. The standard InChI is InChI=1S/C20H18BrF2N3O2/c21-14-6-8-17(24-18(14)11-3-4-11)25-19(27)20(28)26-9-1-2-16(26)13-10-12(22)5-7-15(13)23/h5-8,10-11,16H,1-4,9H2,(H,24,25,27). The Bertz CT molecular complexity index is 949. The zero-order valence-corrected chi connectivity index (χ0v) is 16.5. The van der Waals surface area contributed by atoms with Gasteiger partial charge in [-0.1, -0.05) is 0 Å². The van der Waals surface area contributed by atoms with Gasteiger partial charge in [0.05, 0.1) is 11.7 Å². The summed E-state index contributed by atoms with van der Waals surface area (Å²) in [4.78, 5) is 30.9. The first kappa shape index (κ1) is 19.0. The van der Waals surface area contributed by atoms with E-state index >= 15 is 0 Å². The molecule has 1 aromatic carbocycles. The number of carbonyl (C=O) groups excluding carboxylic acids is 2. The smallest absolute Gasteiger partial charge is 0.315 e. The number of amides is 2. The third kappa shape index (κ3) is 3.78. The van der Waals surface area contributed by atoms with Crippen LogP contribution in [0.2, 0.25) is 0 Å². The molecule has 1 aliphatic heterocycles. The summed E-state index contributed by atoms with van der Waals surface area (Å²) in [6.07, 6.45) is 3.19. The number of hydrogen-bond acceptors (Lipinski definition) is 3. The Kier molecular flexibility index (Phi) is 5.14. The van der Waals surface area contributed by atoms with E-state index in [0.717, 1.165) is 41.2 Å². The molecular weight excluding hydrogens is 432 g/mol. The van der Waals surface area contributed by atoms with Crippen molar-refractivity contribution in [1.29, 1.82) is 0 Å². The third-order valence-electron chi connectivity index (χ3n) is 5.10.